The number of rotatable bonds is 5. The monoisotopic (exact) mass is 262 g/mol. The SMILES string of the molecule is Cc1ccc(C(C)N(C)CCN2CCCC2)c(O)c1. The lowest BCUT2D eigenvalue weighted by Gasteiger charge is -2.27. The Balaban J connectivity index is 1.91. The van der Waals surface area contributed by atoms with Crippen LogP contribution in [0.3, 0.4) is 0 Å². The van der Waals surface area contributed by atoms with Crippen molar-refractivity contribution in [2.24, 2.45) is 0 Å². The molecular weight excluding hydrogens is 236 g/mol. The predicted octanol–water partition coefficient (Wildman–Crippen LogP) is 2.79. The van der Waals surface area contributed by atoms with Crippen molar-refractivity contribution in [2.45, 2.75) is 32.7 Å². The molecule has 3 nitrogen and oxygen atoms in total. The number of benzene rings is 1. The molecule has 19 heavy (non-hydrogen) atoms. The van der Waals surface area contributed by atoms with Gasteiger partial charge in [0, 0.05) is 24.7 Å². The first-order chi connectivity index (χ1) is 9.08. The first kappa shape index (κ1) is 14.4. The first-order valence-electron chi connectivity index (χ1n) is 7.30. The van der Waals surface area contributed by atoms with Crippen molar-refractivity contribution in [1.82, 2.24) is 9.80 Å². The number of aryl methyl sites for hydroxylation is 1. The van der Waals surface area contributed by atoms with Crippen molar-refractivity contribution in [3.8, 4) is 5.75 Å². The minimum Gasteiger partial charge on any atom is -0.508 e. The molecule has 1 aromatic rings. The van der Waals surface area contributed by atoms with Crippen molar-refractivity contribution in [1.29, 1.82) is 0 Å². The van der Waals surface area contributed by atoms with E-state index in [1.165, 1.54) is 25.9 Å². The standard InChI is InChI=1S/C16H26N2O/c1-13-6-7-15(16(19)12-13)14(2)17(3)10-11-18-8-4-5-9-18/h6-7,12,14,19H,4-5,8-11H2,1-3H3. The highest BCUT2D eigenvalue weighted by Crippen LogP contribution is 2.28. The Morgan fingerprint density at radius 3 is 2.63 bits per heavy atom. The zero-order valence-electron chi connectivity index (χ0n) is 12.4. The molecule has 106 valence electrons. The Bertz CT molecular complexity index is 413. The van der Waals surface area contributed by atoms with Gasteiger partial charge in [0.15, 0.2) is 0 Å². The molecule has 0 aromatic heterocycles. The van der Waals surface area contributed by atoms with Crippen LogP contribution in [-0.2, 0) is 0 Å². The Morgan fingerprint density at radius 1 is 1.32 bits per heavy atom. The molecular formula is C16H26N2O. The minimum atomic E-state index is 0.253. The molecule has 0 amide bonds. The molecule has 0 aliphatic carbocycles. The maximum Gasteiger partial charge on any atom is 0.120 e. The fourth-order valence-electron chi connectivity index (χ4n) is 2.74. The minimum absolute atomic E-state index is 0.253. The van der Waals surface area contributed by atoms with Crippen LogP contribution in [0, 0.1) is 6.92 Å². The van der Waals surface area contributed by atoms with Crippen LogP contribution in [0.25, 0.3) is 0 Å². The maximum absolute atomic E-state index is 10.1. The van der Waals surface area contributed by atoms with Gasteiger partial charge < -0.3 is 10.0 Å². The van der Waals surface area contributed by atoms with Gasteiger partial charge in [0.05, 0.1) is 0 Å². The lowest BCUT2D eigenvalue weighted by molar-refractivity contribution is 0.214. The summed E-state index contributed by atoms with van der Waals surface area (Å²) in [5.41, 5.74) is 2.13. The molecule has 1 unspecified atom stereocenters. The number of hydrogen-bond donors (Lipinski definition) is 1. The largest absolute Gasteiger partial charge is 0.508 e. The molecule has 1 aliphatic heterocycles. The van der Waals surface area contributed by atoms with E-state index >= 15 is 0 Å². The molecule has 0 spiro atoms. The van der Waals surface area contributed by atoms with E-state index in [1.54, 1.807) is 0 Å². The van der Waals surface area contributed by atoms with Gasteiger partial charge in [-0.15, -0.1) is 0 Å². The lowest BCUT2D eigenvalue weighted by atomic mass is 10.0. The second-order valence-corrected chi connectivity index (χ2v) is 5.77. The first-order valence-corrected chi connectivity index (χ1v) is 7.30. The maximum atomic E-state index is 10.1. The van der Waals surface area contributed by atoms with Gasteiger partial charge >= 0.3 is 0 Å². The number of hydrogen-bond acceptors (Lipinski definition) is 3. The summed E-state index contributed by atoms with van der Waals surface area (Å²) in [7, 11) is 2.14. The molecule has 3 heteroatoms. The van der Waals surface area contributed by atoms with E-state index in [9.17, 15) is 5.11 Å². The number of likely N-dealkylation sites (N-methyl/N-ethyl adjacent to an activating group) is 1. The number of phenolic OH excluding ortho intramolecular Hbond substituents is 1. The van der Waals surface area contributed by atoms with Crippen LogP contribution < -0.4 is 0 Å². The smallest absolute Gasteiger partial charge is 0.120 e. The molecule has 1 atom stereocenters. The fraction of sp³-hybridized carbons (Fsp3) is 0.625. The van der Waals surface area contributed by atoms with E-state index in [4.69, 9.17) is 0 Å². The molecule has 2 rings (SSSR count). The summed E-state index contributed by atoms with van der Waals surface area (Å²) in [6.07, 6.45) is 2.69. The van der Waals surface area contributed by atoms with E-state index < -0.39 is 0 Å². The zero-order valence-corrected chi connectivity index (χ0v) is 12.4. The van der Waals surface area contributed by atoms with E-state index in [0.29, 0.717) is 5.75 Å². The van der Waals surface area contributed by atoms with Gasteiger partial charge in [0.1, 0.15) is 5.75 Å². The molecule has 1 heterocycles. The van der Waals surface area contributed by atoms with Crippen molar-refractivity contribution in [3.63, 3.8) is 0 Å². The summed E-state index contributed by atoms with van der Waals surface area (Å²) < 4.78 is 0. The molecule has 1 N–H and O–H groups in total. The molecule has 0 saturated carbocycles. The van der Waals surface area contributed by atoms with Crippen molar-refractivity contribution < 1.29 is 5.11 Å². The summed E-state index contributed by atoms with van der Waals surface area (Å²) in [5.74, 6) is 0.417. The quantitative estimate of drug-likeness (QED) is 0.884. The molecule has 0 bridgehead atoms. The Kier molecular flexibility index (Phi) is 4.83. The second kappa shape index (κ2) is 6.40. The average Bonchev–Trinajstić information content (AvgIpc) is 2.88. The van der Waals surface area contributed by atoms with Gasteiger partial charge in [-0.1, -0.05) is 12.1 Å². The molecule has 1 aliphatic rings. The third-order valence-corrected chi connectivity index (χ3v) is 4.26. The predicted molar refractivity (Wildman–Crippen MR) is 79.6 cm³/mol. The van der Waals surface area contributed by atoms with E-state index in [-0.39, 0.29) is 6.04 Å². The summed E-state index contributed by atoms with van der Waals surface area (Å²) in [4.78, 5) is 4.85. The second-order valence-electron chi connectivity index (χ2n) is 5.77. The topological polar surface area (TPSA) is 26.7 Å². The summed E-state index contributed by atoms with van der Waals surface area (Å²) in [6.45, 7) is 8.84. The fourth-order valence-corrected chi connectivity index (χ4v) is 2.74. The highest BCUT2D eigenvalue weighted by Gasteiger charge is 2.17. The number of aromatic hydroxyl groups is 1. The molecule has 0 radical (unpaired) electrons. The number of phenols is 1. The Morgan fingerprint density at radius 2 is 2.00 bits per heavy atom. The van der Waals surface area contributed by atoms with Gasteiger partial charge in [-0.2, -0.15) is 0 Å². The normalized spacial score (nSPS) is 18.1. The van der Waals surface area contributed by atoms with E-state index in [1.807, 2.05) is 19.1 Å². The van der Waals surface area contributed by atoms with Gasteiger partial charge in [-0.05, 0) is 58.5 Å². The summed E-state index contributed by atoms with van der Waals surface area (Å²) >= 11 is 0. The van der Waals surface area contributed by atoms with E-state index in [2.05, 4.69) is 29.8 Å². The van der Waals surface area contributed by atoms with Crippen LogP contribution in [0.4, 0.5) is 0 Å². The third-order valence-electron chi connectivity index (χ3n) is 4.26. The highest BCUT2D eigenvalue weighted by atomic mass is 16.3. The van der Waals surface area contributed by atoms with Crippen LogP contribution in [0.15, 0.2) is 18.2 Å². The van der Waals surface area contributed by atoms with Crippen LogP contribution in [0.2, 0.25) is 0 Å². The number of likely N-dealkylation sites (tertiary alicyclic amines) is 1. The Labute approximate surface area is 116 Å². The summed E-state index contributed by atoms with van der Waals surface area (Å²) in [6, 6.07) is 6.21. The lowest BCUT2D eigenvalue weighted by Crippen LogP contribution is -2.33. The molecule has 1 saturated heterocycles. The van der Waals surface area contributed by atoms with Crippen molar-refractivity contribution >= 4 is 0 Å². The van der Waals surface area contributed by atoms with Crippen LogP contribution >= 0.6 is 0 Å². The van der Waals surface area contributed by atoms with Crippen LogP contribution in [0.1, 0.15) is 36.9 Å². The average molecular weight is 262 g/mol. The zero-order chi connectivity index (χ0) is 13.8. The molecule has 1 fully saturated rings. The van der Waals surface area contributed by atoms with Gasteiger partial charge in [-0.25, -0.2) is 0 Å². The van der Waals surface area contributed by atoms with Gasteiger partial charge in [0.2, 0.25) is 0 Å². The van der Waals surface area contributed by atoms with Crippen molar-refractivity contribution in [3.05, 3.63) is 29.3 Å². The number of nitrogens with zero attached hydrogens (tertiary/aromatic N) is 2. The van der Waals surface area contributed by atoms with Crippen LogP contribution in [-0.4, -0.2) is 48.1 Å². The van der Waals surface area contributed by atoms with E-state index in [0.717, 1.165) is 24.2 Å². The van der Waals surface area contributed by atoms with Gasteiger partial charge in [0.25, 0.3) is 0 Å². The van der Waals surface area contributed by atoms with Crippen molar-refractivity contribution in [2.75, 3.05) is 33.2 Å². The summed E-state index contributed by atoms with van der Waals surface area (Å²) in [5, 5.41) is 10.1. The third kappa shape index (κ3) is 3.71. The highest BCUT2D eigenvalue weighted by molar-refractivity contribution is 5.37. The Hall–Kier alpha value is -1.06. The molecule has 1 aromatic carbocycles. The van der Waals surface area contributed by atoms with Crippen LogP contribution in [0.5, 0.6) is 5.75 Å². The van der Waals surface area contributed by atoms with Gasteiger partial charge in [-0.3, -0.25) is 4.90 Å².